The molecule has 0 bridgehead atoms. The van der Waals surface area contributed by atoms with E-state index in [1.54, 1.807) is 37.5 Å². The minimum absolute atomic E-state index is 0.251. The monoisotopic (exact) mass is 359 g/mol. The number of carbonyl (C=O) groups is 1. The van der Waals surface area contributed by atoms with Crippen LogP contribution in [0.4, 0.5) is 5.69 Å². The highest BCUT2D eigenvalue weighted by Crippen LogP contribution is 2.40. The fraction of sp³-hybridized carbons (Fsp3) is 0.211. The quantitative estimate of drug-likeness (QED) is 0.836. The predicted molar refractivity (Wildman–Crippen MR) is 97.8 cm³/mol. The molecule has 0 aliphatic carbocycles. The van der Waals surface area contributed by atoms with Gasteiger partial charge in [0.2, 0.25) is 11.7 Å². The topological polar surface area (TPSA) is 56.8 Å². The van der Waals surface area contributed by atoms with Crippen LogP contribution in [0.15, 0.2) is 36.4 Å². The first-order valence-corrected chi connectivity index (χ1v) is 8.18. The van der Waals surface area contributed by atoms with Crippen LogP contribution in [0.3, 0.4) is 0 Å². The number of fused-ring (bicyclic) bond motifs is 1. The van der Waals surface area contributed by atoms with Gasteiger partial charge in [0.25, 0.3) is 0 Å². The van der Waals surface area contributed by atoms with Gasteiger partial charge < -0.3 is 19.5 Å². The van der Waals surface area contributed by atoms with Crippen LogP contribution in [0.5, 0.6) is 17.2 Å². The maximum Gasteiger partial charge on any atom is 0.248 e. The van der Waals surface area contributed by atoms with Crippen molar-refractivity contribution in [2.24, 2.45) is 0 Å². The Hall–Kier alpha value is -2.66. The molecular weight excluding hydrogens is 342 g/mol. The number of benzene rings is 2. The number of amides is 1. The van der Waals surface area contributed by atoms with Crippen LogP contribution < -0.4 is 19.5 Å². The summed E-state index contributed by atoms with van der Waals surface area (Å²) >= 11 is 6.06. The molecule has 1 amide bonds. The van der Waals surface area contributed by atoms with Gasteiger partial charge in [-0.3, -0.25) is 4.79 Å². The number of carbonyl (C=O) groups excluding carboxylic acids is 1. The molecule has 6 heteroatoms. The van der Waals surface area contributed by atoms with Crippen LogP contribution in [0.25, 0.3) is 6.08 Å². The highest BCUT2D eigenvalue weighted by Gasteiger charge is 2.17. The van der Waals surface area contributed by atoms with Crippen molar-refractivity contribution in [1.82, 2.24) is 0 Å². The van der Waals surface area contributed by atoms with Gasteiger partial charge in [-0.25, -0.2) is 0 Å². The van der Waals surface area contributed by atoms with Gasteiger partial charge in [0, 0.05) is 16.8 Å². The lowest BCUT2D eigenvalue weighted by Crippen LogP contribution is -2.16. The minimum atomic E-state index is -0.251. The zero-order chi connectivity index (χ0) is 17.8. The van der Waals surface area contributed by atoms with Crippen LogP contribution >= 0.6 is 11.6 Å². The summed E-state index contributed by atoms with van der Waals surface area (Å²) in [4.78, 5) is 12.2. The van der Waals surface area contributed by atoms with Crippen molar-refractivity contribution >= 4 is 29.3 Å². The first-order valence-electron chi connectivity index (χ1n) is 7.80. The molecule has 0 saturated carbocycles. The zero-order valence-corrected chi connectivity index (χ0v) is 14.7. The average molecular weight is 360 g/mol. The smallest absolute Gasteiger partial charge is 0.248 e. The molecule has 2 aromatic rings. The third kappa shape index (κ3) is 3.88. The molecule has 2 aromatic carbocycles. The maximum absolute atomic E-state index is 12.2. The molecule has 3 rings (SSSR count). The molecule has 25 heavy (non-hydrogen) atoms. The summed E-state index contributed by atoms with van der Waals surface area (Å²) in [5.41, 5.74) is 2.29. The van der Waals surface area contributed by atoms with Crippen molar-refractivity contribution in [3.63, 3.8) is 0 Å². The molecule has 1 N–H and O–H groups in total. The van der Waals surface area contributed by atoms with Gasteiger partial charge in [0.1, 0.15) is 13.2 Å². The summed E-state index contributed by atoms with van der Waals surface area (Å²) in [5.74, 6) is 1.52. The fourth-order valence-electron chi connectivity index (χ4n) is 2.48. The Kier molecular flexibility index (Phi) is 5.14. The molecule has 0 atom stereocenters. The number of methoxy groups -OCH3 is 1. The second kappa shape index (κ2) is 7.49. The highest BCUT2D eigenvalue weighted by molar-refractivity contribution is 6.31. The number of rotatable bonds is 4. The van der Waals surface area contributed by atoms with E-state index in [0.29, 0.717) is 41.2 Å². The van der Waals surface area contributed by atoms with E-state index in [0.717, 1.165) is 11.1 Å². The number of anilines is 1. The summed E-state index contributed by atoms with van der Waals surface area (Å²) < 4.78 is 16.5. The van der Waals surface area contributed by atoms with E-state index in [2.05, 4.69) is 5.32 Å². The van der Waals surface area contributed by atoms with Gasteiger partial charge in [0.15, 0.2) is 11.5 Å². The lowest BCUT2D eigenvalue weighted by Gasteiger charge is -2.20. The van der Waals surface area contributed by atoms with Crippen molar-refractivity contribution in [2.75, 3.05) is 25.6 Å². The zero-order valence-electron chi connectivity index (χ0n) is 14.0. The first kappa shape index (κ1) is 17.2. The van der Waals surface area contributed by atoms with E-state index in [1.807, 2.05) is 13.0 Å². The van der Waals surface area contributed by atoms with Crippen molar-refractivity contribution in [1.29, 1.82) is 0 Å². The summed E-state index contributed by atoms with van der Waals surface area (Å²) in [6.07, 6.45) is 3.14. The van der Waals surface area contributed by atoms with Crippen LogP contribution in [-0.2, 0) is 4.79 Å². The molecule has 0 aromatic heterocycles. The molecular formula is C19H18ClNO4. The number of hydrogen-bond donors (Lipinski definition) is 1. The predicted octanol–water partition coefficient (Wildman–Crippen LogP) is 4.08. The lowest BCUT2D eigenvalue weighted by molar-refractivity contribution is -0.111. The first-order chi connectivity index (χ1) is 12.1. The van der Waals surface area contributed by atoms with E-state index in [1.165, 1.54) is 6.08 Å². The molecule has 1 heterocycles. The van der Waals surface area contributed by atoms with Gasteiger partial charge in [0.05, 0.1) is 7.11 Å². The number of hydrogen-bond acceptors (Lipinski definition) is 4. The molecule has 0 fully saturated rings. The van der Waals surface area contributed by atoms with E-state index in [-0.39, 0.29) is 5.91 Å². The molecule has 1 aliphatic heterocycles. The van der Waals surface area contributed by atoms with Crippen molar-refractivity contribution in [2.45, 2.75) is 6.92 Å². The Morgan fingerprint density at radius 1 is 1.28 bits per heavy atom. The molecule has 0 saturated heterocycles. The fourth-order valence-corrected chi connectivity index (χ4v) is 2.65. The second-order valence-electron chi connectivity index (χ2n) is 5.48. The summed E-state index contributed by atoms with van der Waals surface area (Å²) in [6.45, 7) is 2.82. The van der Waals surface area contributed by atoms with E-state index >= 15 is 0 Å². The van der Waals surface area contributed by atoms with Crippen LogP contribution in [0, 0.1) is 6.92 Å². The van der Waals surface area contributed by atoms with Gasteiger partial charge in [-0.05, 0) is 48.4 Å². The summed E-state index contributed by atoms with van der Waals surface area (Å²) in [6, 6.07) is 8.98. The normalized spacial score (nSPS) is 12.9. The molecule has 130 valence electrons. The number of ether oxygens (including phenoxy) is 3. The molecule has 1 aliphatic rings. The van der Waals surface area contributed by atoms with E-state index < -0.39 is 0 Å². The van der Waals surface area contributed by atoms with Crippen molar-refractivity contribution in [3.8, 4) is 17.2 Å². The number of halogens is 1. The molecule has 5 nitrogen and oxygen atoms in total. The van der Waals surface area contributed by atoms with Gasteiger partial charge in [-0.1, -0.05) is 17.7 Å². The number of nitrogens with one attached hydrogen (secondary N) is 1. The van der Waals surface area contributed by atoms with E-state index in [9.17, 15) is 4.79 Å². The van der Waals surface area contributed by atoms with Crippen molar-refractivity contribution in [3.05, 3.63) is 52.6 Å². The minimum Gasteiger partial charge on any atom is -0.493 e. The van der Waals surface area contributed by atoms with Gasteiger partial charge in [-0.2, -0.15) is 0 Å². The van der Waals surface area contributed by atoms with Crippen LogP contribution in [0.1, 0.15) is 11.1 Å². The summed E-state index contributed by atoms with van der Waals surface area (Å²) in [7, 11) is 1.57. The van der Waals surface area contributed by atoms with Gasteiger partial charge >= 0.3 is 0 Å². The Morgan fingerprint density at radius 2 is 2.08 bits per heavy atom. The van der Waals surface area contributed by atoms with Crippen LogP contribution in [0.2, 0.25) is 5.02 Å². The molecule has 0 unspecified atom stereocenters. The molecule has 0 radical (unpaired) electrons. The standard InChI is InChI=1S/C19H18ClNO4/c1-12-14(20)4-3-5-15(12)21-18(22)7-6-13-10-16(23-2)19-17(11-13)24-8-9-25-19/h3-7,10-11H,8-9H2,1-2H3,(H,21,22)/b7-6+. The van der Waals surface area contributed by atoms with Crippen molar-refractivity contribution < 1.29 is 19.0 Å². The van der Waals surface area contributed by atoms with E-state index in [4.69, 9.17) is 25.8 Å². The highest BCUT2D eigenvalue weighted by atomic mass is 35.5. The molecule has 0 spiro atoms. The lowest BCUT2D eigenvalue weighted by atomic mass is 10.1. The third-order valence-electron chi connectivity index (χ3n) is 3.80. The SMILES string of the molecule is COc1cc(/C=C/C(=O)Nc2cccc(Cl)c2C)cc2c1OCCO2. The second-order valence-corrected chi connectivity index (χ2v) is 5.89. The Labute approximate surface area is 151 Å². The largest absolute Gasteiger partial charge is 0.493 e. The third-order valence-corrected chi connectivity index (χ3v) is 4.21. The average Bonchev–Trinajstić information content (AvgIpc) is 2.63. The maximum atomic E-state index is 12.2. The van der Waals surface area contributed by atoms with Gasteiger partial charge in [-0.15, -0.1) is 0 Å². The Morgan fingerprint density at radius 3 is 2.88 bits per heavy atom. The Bertz CT molecular complexity index is 815. The van der Waals surface area contributed by atoms with Crippen LogP contribution in [-0.4, -0.2) is 26.2 Å². The summed E-state index contributed by atoms with van der Waals surface area (Å²) in [5, 5.41) is 3.42. The Balaban J connectivity index is 1.77.